The Morgan fingerprint density at radius 3 is 2.85 bits per heavy atom. The molecule has 7 heteroatoms. The molecule has 1 amide bonds. The van der Waals surface area contributed by atoms with Crippen molar-refractivity contribution in [1.82, 2.24) is 15.3 Å². The Morgan fingerprint density at radius 1 is 1.45 bits per heavy atom. The van der Waals surface area contributed by atoms with Gasteiger partial charge in [0.15, 0.2) is 0 Å². The van der Waals surface area contributed by atoms with Crippen molar-refractivity contribution in [2.75, 3.05) is 5.43 Å². The molecule has 0 aliphatic rings. The number of carbonyl (C=O) groups is 1. The number of rotatable bonds is 5. The Bertz CT molecular complexity index is 582. The van der Waals surface area contributed by atoms with E-state index < -0.39 is 0 Å². The third-order valence-electron chi connectivity index (χ3n) is 2.73. The fraction of sp³-hybridized carbons (Fsp3) is 0.308. The van der Waals surface area contributed by atoms with Crippen LogP contribution in [0.1, 0.15) is 40.8 Å². The van der Waals surface area contributed by atoms with E-state index in [9.17, 15) is 4.79 Å². The van der Waals surface area contributed by atoms with E-state index in [1.165, 1.54) is 11.3 Å². The van der Waals surface area contributed by atoms with Gasteiger partial charge in [-0.2, -0.15) is 0 Å². The molecular weight excluding hydrogens is 274 g/mol. The van der Waals surface area contributed by atoms with Gasteiger partial charge in [0, 0.05) is 22.8 Å². The molecule has 0 spiro atoms. The van der Waals surface area contributed by atoms with Crippen molar-refractivity contribution in [2.24, 2.45) is 5.84 Å². The number of thiazole rings is 1. The van der Waals surface area contributed by atoms with E-state index in [1.54, 1.807) is 18.3 Å². The zero-order valence-corrected chi connectivity index (χ0v) is 12.2. The number of hydrazine groups is 1. The van der Waals surface area contributed by atoms with Crippen molar-refractivity contribution in [2.45, 2.75) is 26.3 Å². The Kier molecular flexibility index (Phi) is 4.65. The summed E-state index contributed by atoms with van der Waals surface area (Å²) in [6.45, 7) is 4.45. The summed E-state index contributed by atoms with van der Waals surface area (Å²) in [4.78, 5) is 20.6. The largest absolute Gasteiger partial charge is 0.346 e. The number of carbonyl (C=O) groups excluding carboxylic acids is 1. The quantitative estimate of drug-likeness (QED) is 0.577. The predicted molar refractivity (Wildman–Crippen MR) is 79.4 cm³/mol. The zero-order valence-electron chi connectivity index (χ0n) is 11.4. The van der Waals surface area contributed by atoms with Gasteiger partial charge in [-0.25, -0.2) is 15.8 Å². The van der Waals surface area contributed by atoms with Gasteiger partial charge in [0.25, 0.3) is 5.91 Å². The lowest BCUT2D eigenvalue weighted by Crippen LogP contribution is -2.23. The van der Waals surface area contributed by atoms with E-state index in [1.807, 2.05) is 19.2 Å². The van der Waals surface area contributed by atoms with Crippen LogP contribution in [0, 0.1) is 0 Å². The lowest BCUT2D eigenvalue weighted by molar-refractivity contribution is 0.0950. The molecule has 0 bridgehead atoms. The summed E-state index contributed by atoms with van der Waals surface area (Å²) in [6.07, 6.45) is 1.71. The van der Waals surface area contributed by atoms with Gasteiger partial charge in [-0.3, -0.25) is 4.79 Å². The first-order chi connectivity index (χ1) is 9.60. The summed E-state index contributed by atoms with van der Waals surface area (Å²) in [6, 6.07) is 3.41. The van der Waals surface area contributed by atoms with Crippen molar-refractivity contribution in [3.05, 3.63) is 40.0 Å². The molecule has 2 heterocycles. The second-order valence-electron chi connectivity index (χ2n) is 4.57. The fourth-order valence-corrected chi connectivity index (χ4v) is 2.21. The number of nitrogens with zero attached hydrogens (tertiary/aromatic N) is 2. The van der Waals surface area contributed by atoms with Gasteiger partial charge in [-0.15, -0.1) is 11.3 Å². The standard InChI is InChI=1S/C13H17N5OS/c1-8(2)10-5-9(6-11(17-10)18-14)13(19)16-7-12-15-3-4-20-12/h3-6,8H,7,14H2,1-2H3,(H,16,19)(H,17,18). The Morgan fingerprint density at radius 2 is 2.25 bits per heavy atom. The monoisotopic (exact) mass is 291 g/mol. The molecule has 0 aliphatic heterocycles. The van der Waals surface area contributed by atoms with E-state index >= 15 is 0 Å². The maximum absolute atomic E-state index is 12.2. The van der Waals surface area contributed by atoms with Crippen LogP contribution in [0.2, 0.25) is 0 Å². The van der Waals surface area contributed by atoms with Crippen molar-refractivity contribution in [3.63, 3.8) is 0 Å². The lowest BCUT2D eigenvalue weighted by Gasteiger charge is -2.10. The first-order valence-corrected chi connectivity index (χ1v) is 7.13. The smallest absolute Gasteiger partial charge is 0.251 e. The van der Waals surface area contributed by atoms with Crippen molar-refractivity contribution < 1.29 is 4.79 Å². The molecule has 106 valence electrons. The minimum atomic E-state index is -0.166. The van der Waals surface area contributed by atoms with Crippen LogP contribution >= 0.6 is 11.3 Å². The third kappa shape index (κ3) is 3.52. The van der Waals surface area contributed by atoms with Crippen LogP contribution in [0.4, 0.5) is 5.82 Å². The van der Waals surface area contributed by atoms with E-state index in [0.29, 0.717) is 17.9 Å². The minimum absolute atomic E-state index is 0.166. The SMILES string of the molecule is CC(C)c1cc(C(=O)NCc2nccs2)cc(NN)n1. The molecule has 6 nitrogen and oxygen atoms in total. The van der Waals surface area contributed by atoms with Gasteiger partial charge < -0.3 is 10.7 Å². The molecule has 0 unspecified atom stereocenters. The molecule has 20 heavy (non-hydrogen) atoms. The molecule has 0 fully saturated rings. The van der Waals surface area contributed by atoms with Gasteiger partial charge in [-0.1, -0.05) is 13.8 Å². The van der Waals surface area contributed by atoms with Gasteiger partial charge in [-0.05, 0) is 18.1 Å². The Balaban J connectivity index is 2.14. The molecule has 0 atom stereocenters. The van der Waals surface area contributed by atoms with Crippen molar-refractivity contribution in [1.29, 1.82) is 0 Å². The number of nitrogen functional groups attached to an aromatic ring is 1. The van der Waals surface area contributed by atoms with Crippen LogP contribution in [0.3, 0.4) is 0 Å². The number of aromatic nitrogens is 2. The number of pyridine rings is 1. The van der Waals surface area contributed by atoms with Crippen molar-refractivity contribution in [3.8, 4) is 0 Å². The second-order valence-corrected chi connectivity index (χ2v) is 5.55. The molecule has 0 saturated carbocycles. The first kappa shape index (κ1) is 14.4. The molecule has 0 radical (unpaired) electrons. The van der Waals surface area contributed by atoms with Crippen LogP contribution in [-0.2, 0) is 6.54 Å². The second kappa shape index (κ2) is 6.44. The van der Waals surface area contributed by atoms with Crippen LogP contribution in [-0.4, -0.2) is 15.9 Å². The summed E-state index contributed by atoms with van der Waals surface area (Å²) >= 11 is 1.51. The van der Waals surface area contributed by atoms with Crippen LogP contribution in [0.25, 0.3) is 0 Å². The molecule has 2 aromatic heterocycles. The highest BCUT2D eigenvalue weighted by Crippen LogP contribution is 2.17. The summed E-state index contributed by atoms with van der Waals surface area (Å²) < 4.78 is 0. The highest BCUT2D eigenvalue weighted by molar-refractivity contribution is 7.09. The molecule has 4 N–H and O–H groups in total. The van der Waals surface area contributed by atoms with E-state index in [4.69, 9.17) is 5.84 Å². The van der Waals surface area contributed by atoms with E-state index in [0.717, 1.165) is 10.7 Å². The molecule has 2 aromatic rings. The highest BCUT2D eigenvalue weighted by Gasteiger charge is 2.11. The maximum atomic E-state index is 12.2. The average molecular weight is 291 g/mol. The summed E-state index contributed by atoms with van der Waals surface area (Å²) in [5.74, 6) is 5.92. The Labute approximate surface area is 121 Å². The van der Waals surface area contributed by atoms with Gasteiger partial charge in [0.1, 0.15) is 10.8 Å². The molecular formula is C13H17N5OS. The van der Waals surface area contributed by atoms with E-state index in [-0.39, 0.29) is 11.8 Å². The summed E-state index contributed by atoms with van der Waals surface area (Å²) in [5.41, 5.74) is 3.84. The van der Waals surface area contributed by atoms with E-state index in [2.05, 4.69) is 20.7 Å². The van der Waals surface area contributed by atoms with Crippen LogP contribution < -0.4 is 16.6 Å². The number of amides is 1. The lowest BCUT2D eigenvalue weighted by atomic mass is 10.1. The summed E-state index contributed by atoms with van der Waals surface area (Å²) in [5, 5.41) is 5.58. The number of nitrogens with one attached hydrogen (secondary N) is 2. The minimum Gasteiger partial charge on any atom is -0.346 e. The number of anilines is 1. The first-order valence-electron chi connectivity index (χ1n) is 6.25. The van der Waals surface area contributed by atoms with Gasteiger partial charge in [0.2, 0.25) is 0 Å². The Hall–Kier alpha value is -1.99. The predicted octanol–water partition coefficient (Wildman–Crippen LogP) is 1.88. The normalized spacial score (nSPS) is 10.6. The van der Waals surface area contributed by atoms with Gasteiger partial charge >= 0.3 is 0 Å². The molecule has 0 aromatic carbocycles. The number of nitrogens with two attached hydrogens (primary N) is 1. The zero-order chi connectivity index (χ0) is 14.5. The topological polar surface area (TPSA) is 92.9 Å². The summed E-state index contributed by atoms with van der Waals surface area (Å²) in [7, 11) is 0. The number of hydrogen-bond donors (Lipinski definition) is 3. The molecule has 2 rings (SSSR count). The fourth-order valence-electron chi connectivity index (χ4n) is 1.65. The van der Waals surface area contributed by atoms with Crippen LogP contribution in [0.15, 0.2) is 23.7 Å². The van der Waals surface area contributed by atoms with Crippen molar-refractivity contribution >= 4 is 23.1 Å². The van der Waals surface area contributed by atoms with Crippen LogP contribution in [0.5, 0.6) is 0 Å². The number of hydrogen-bond acceptors (Lipinski definition) is 6. The molecule has 0 aliphatic carbocycles. The van der Waals surface area contributed by atoms with Gasteiger partial charge in [0.05, 0.1) is 6.54 Å². The molecule has 0 saturated heterocycles. The maximum Gasteiger partial charge on any atom is 0.251 e. The third-order valence-corrected chi connectivity index (χ3v) is 3.51. The highest BCUT2D eigenvalue weighted by atomic mass is 32.1. The average Bonchev–Trinajstić information content (AvgIpc) is 2.97.